The molecule has 0 saturated heterocycles. The zero-order valence-electron chi connectivity index (χ0n) is 14.0. The van der Waals surface area contributed by atoms with E-state index in [0.717, 1.165) is 39.3 Å². The number of nitrogens with zero attached hydrogens (tertiary/aromatic N) is 2. The minimum Gasteiger partial charge on any atom is -0.335 e. The largest absolute Gasteiger partial charge is 0.416 e. The molecule has 1 aliphatic rings. The maximum absolute atomic E-state index is 13.0. The average Bonchev–Trinajstić information content (AvgIpc) is 3.01. The van der Waals surface area contributed by atoms with Crippen molar-refractivity contribution >= 4 is 38.7 Å². The van der Waals surface area contributed by atoms with Gasteiger partial charge in [0.15, 0.2) is 0 Å². The molecule has 0 radical (unpaired) electrons. The standard InChI is InChI=1S/C21H14BrF3N2/c22-15-8-10-17(11-9-15)27-13-19(18-6-1-2-7-20(18)27)26-16-5-3-4-14(12-16)21(23,24)25/h1-12H,13H2. The van der Waals surface area contributed by atoms with E-state index in [0.29, 0.717) is 12.2 Å². The van der Waals surface area contributed by atoms with E-state index >= 15 is 0 Å². The normalized spacial score (nSPS) is 15.3. The summed E-state index contributed by atoms with van der Waals surface area (Å²) in [7, 11) is 0. The Balaban J connectivity index is 1.74. The second-order valence-electron chi connectivity index (χ2n) is 6.19. The lowest BCUT2D eigenvalue weighted by Gasteiger charge is -2.18. The molecule has 0 aromatic heterocycles. The van der Waals surface area contributed by atoms with Crippen molar-refractivity contribution in [1.29, 1.82) is 0 Å². The van der Waals surface area contributed by atoms with Crippen LogP contribution in [0.1, 0.15) is 11.1 Å². The molecule has 1 aliphatic heterocycles. The number of rotatable bonds is 2. The van der Waals surface area contributed by atoms with Crippen LogP contribution in [0.4, 0.5) is 30.2 Å². The first kappa shape index (κ1) is 17.8. The Bertz CT molecular complexity index is 1010. The van der Waals surface area contributed by atoms with Crippen molar-refractivity contribution in [3.63, 3.8) is 0 Å². The fraction of sp³-hybridized carbons (Fsp3) is 0.0952. The third kappa shape index (κ3) is 3.62. The molecule has 0 saturated carbocycles. The van der Waals surface area contributed by atoms with Gasteiger partial charge in [0.2, 0.25) is 0 Å². The SMILES string of the molecule is FC(F)(F)c1cccc(N=C2CN(c3ccc(Br)cc3)c3ccccc32)c1. The van der Waals surface area contributed by atoms with E-state index in [-0.39, 0.29) is 0 Å². The van der Waals surface area contributed by atoms with Gasteiger partial charge in [-0.15, -0.1) is 0 Å². The summed E-state index contributed by atoms with van der Waals surface area (Å²) in [4.78, 5) is 6.64. The number of halogens is 4. The minimum absolute atomic E-state index is 0.298. The molecular formula is C21H14BrF3N2. The Morgan fingerprint density at radius 1 is 0.889 bits per heavy atom. The van der Waals surface area contributed by atoms with Gasteiger partial charge in [-0.3, -0.25) is 4.99 Å². The predicted octanol–water partition coefficient (Wildman–Crippen LogP) is 6.74. The maximum Gasteiger partial charge on any atom is 0.416 e. The molecular weight excluding hydrogens is 417 g/mol. The molecule has 4 rings (SSSR count). The number of hydrogen-bond acceptors (Lipinski definition) is 2. The summed E-state index contributed by atoms with van der Waals surface area (Å²) in [5, 5.41) is 0. The van der Waals surface area contributed by atoms with Gasteiger partial charge in [-0.05, 0) is 48.5 Å². The first-order valence-electron chi connectivity index (χ1n) is 8.29. The summed E-state index contributed by atoms with van der Waals surface area (Å²) in [6.07, 6.45) is -4.38. The van der Waals surface area contributed by atoms with Crippen molar-refractivity contribution in [1.82, 2.24) is 0 Å². The van der Waals surface area contributed by atoms with Crippen molar-refractivity contribution in [3.05, 3.63) is 88.4 Å². The summed E-state index contributed by atoms with van der Waals surface area (Å²) in [5.74, 6) is 0. The number of hydrogen-bond donors (Lipinski definition) is 0. The Morgan fingerprint density at radius 2 is 1.63 bits per heavy atom. The molecule has 0 amide bonds. The number of fused-ring (bicyclic) bond motifs is 1. The van der Waals surface area contributed by atoms with E-state index in [1.165, 1.54) is 6.07 Å². The molecule has 0 bridgehead atoms. The molecule has 27 heavy (non-hydrogen) atoms. The maximum atomic E-state index is 13.0. The van der Waals surface area contributed by atoms with Gasteiger partial charge in [-0.1, -0.05) is 40.2 Å². The third-order valence-electron chi connectivity index (χ3n) is 4.39. The molecule has 3 aromatic rings. The Kier molecular flexibility index (Phi) is 4.52. The molecule has 2 nitrogen and oxygen atoms in total. The van der Waals surface area contributed by atoms with E-state index in [4.69, 9.17) is 0 Å². The number of aliphatic imine (C=N–C) groups is 1. The van der Waals surface area contributed by atoms with E-state index in [2.05, 4.69) is 25.8 Å². The fourth-order valence-electron chi connectivity index (χ4n) is 3.13. The van der Waals surface area contributed by atoms with Gasteiger partial charge in [-0.25, -0.2) is 0 Å². The van der Waals surface area contributed by atoms with Gasteiger partial charge in [0, 0.05) is 15.7 Å². The fourth-order valence-corrected chi connectivity index (χ4v) is 3.39. The van der Waals surface area contributed by atoms with Crippen LogP contribution in [0.5, 0.6) is 0 Å². The van der Waals surface area contributed by atoms with Crippen LogP contribution in [0.3, 0.4) is 0 Å². The van der Waals surface area contributed by atoms with Crippen LogP contribution >= 0.6 is 15.9 Å². The van der Waals surface area contributed by atoms with E-state index in [9.17, 15) is 13.2 Å². The highest BCUT2D eigenvalue weighted by Crippen LogP contribution is 2.37. The molecule has 136 valence electrons. The molecule has 0 spiro atoms. The van der Waals surface area contributed by atoms with Crippen molar-refractivity contribution < 1.29 is 13.2 Å². The number of benzene rings is 3. The molecule has 0 atom stereocenters. The molecule has 3 aromatic carbocycles. The highest BCUT2D eigenvalue weighted by molar-refractivity contribution is 9.10. The predicted molar refractivity (Wildman–Crippen MR) is 105 cm³/mol. The minimum atomic E-state index is -4.38. The quantitative estimate of drug-likeness (QED) is 0.439. The van der Waals surface area contributed by atoms with Crippen molar-refractivity contribution in [2.75, 3.05) is 11.4 Å². The average molecular weight is 431 g/mol. The summed E-state index contributed by atoms with van der Waals surface area (Å²) in [5.41, 5.74) is 3.27. The van der Waals surface area contributed by atoms with E-state index < -0.39 is 11.7 Å². The van der Waals surface area contributed by atoms with Crippen LogP contribution in [0.25, 0.3) is 0 Å². The lowest BCUT2D eigenvalue weighted by molar-refractivity contribution is -0.137. The second-order valence-corrected chi connectivity index (χ2v) is 7.10. The van der Waals surface area contributed by atoms with Gasteiger partial charge in [0.05, 0.1) is 29.2 Å². The van der Waals surface area contributed by atoms with Crippen LogP contribution in [0.2, 0.25) is 0 Å². The Labute approximate surface area is 163 Å². The zero-order valence-corrected chi connectivity index (χ0v) is 15.6. The summed E-state index contributed by atoms with van der Waals surface area (Å²) in [6, 6.07) is 20.8. The summed E-state index contributed by atoms with van der Waals surface area (Å²) in [6.45, 7) is 0.497. The van der Waals surface area contributed by atoms with E-state index in [1.54, 1.807) is 6.07 Å². The smallest absolute Gasteiger partial charge is 0.335 e. The van der Waals surface area contributed by atoms with Gasteiger partial charge in [0.25, 0.3) is 0 Å². The van der Waals surface area contributed by atoms with E-state index in [1.807, 2.05) is 48.5 Å². The lowest BCUT2D eigenvalue weighted by atomic mass is 10.1. The van der Waals surface area contributed by atoms with Gasteiger partial charge in [-0.2, -0.15) is 13.2 Å². The summed E-state index contributed by atoms with van der Waals surface area (Å²) < 4.78 is 39.9. The van der Waals surface area contributed by atoms with Crippen LogP contribution in [0.15, 0.2) is 82.3 Å². The van der Waals surface area contributed by atoms with Crippen molar-refractivity contribution in [2.45, 2.75) is 6.18 Å². The van der Waals surface area contributed by atoms with Gasteiger partial charge < -0.3 is 4.90 Å². The van der Waals surface area contributed by atoms with Crippen molar-refractivity contribution in [2.24, 2.45) is 4.99 Å². The first-order chi connectivity index (χ1) is 12.9. The van der Waals surface area contributed by atoms with Gasteiger partial charge >= 0.3 is 6.18 Å². The number of alkyl halides is 3. The Morgan fingerprint density at radius 3 is 2.37 bits per heavy atom. The zero-order chi connectivity index (χ0) is 19.0. The van der Waals surface area contributed by atoms with Crippen molar-refractivity contribution in [3.8, 4) is 0 Å². The highest BCUT2D eigenvalue weighted by Gasteiger charge is 2.31. The van der Waals surface area contributed by atoms with Crippen LogP contribution in [-0.2, 0) is 6.18 Å². The van der Waals surface area contributed by atoms with Crippen LogP contribution < -0.4 is 4.90 Å². The second kappa shape index (κ2) is 6.85. The van der Waals surface area contributed by atoms with Crippen LogP contribution in [-0.4, -0.2) is 12.3 Å². The topological polar surface area (TPSA) is 15.6 Å². The summed E-state index contributed by atoms with van der Waals surface area (Å²) >= 11 is 3.43. The van der Waals surface area contributed by atoms with Gasteiger partial charge in [0.1, 0.15) is 0 Å². The number of anilines is 2. The molecule has 6 heteroatoms. The molecule has 0 N–H and O–H groups in total. The number of para-hydroxylation sites is 1. The third-order valence-corrected chi connectivity index (χ3v) is 4.92. The lowest BCUT2D eigenvalue weighted by Crippen LogP contribution is -2.16. The Hall–Kier alpha value is -2.60. The molecule has 0 fully saturated rings. The molecule has 0 unspecified atom stereocenters. The molecule has 0 aliphatic carbocycles. The van der Waals surface area contributed by atoms with Crippen LogP contribution in [0, 0.1) is 0 Å². The first-order valence-corrected chi connectivity index (χ1v) is 9.08. The molecule has 1 heterocycles. The highest BCUT2D eigenvalue weighted by atomic mass is 79.9. The monoisotopic (exact) mass is 430 g/mol.